The number of rotatable bonds is 4. The van der Waals surface area contributed by atoms with E-state index in [9.17, 15) is 18.0 Å². The Hall–Kier alpha value is -3.89. The van der Waals surface area contributed by atoms with Crippen molar-refractivity contribution in [2.75, 3.05) is 13.7 Å². The minimum absolute atomic E-state index is 0.0191. The van der Waals surface area contributed by atoms with Gasteiger partial charge in [0.15, 0.2) is 11.3 Å². The van der Waals surface area contributed by atoms with E-state index in [0.717, 1.165) is 18.7 Å². The average molecular weight is 471 g/mol. The number of nitrogens with zero attached hydrogens (tertiary/aromatic N) is 5. The fourth-order valence-corrected chi connectivity index (χ4v) is 4.32. The number of carbonyl (C=O) groups is 1. The Balaban J connectivity index is 1.64. The standard InChI is InChI=1S/C23H20F3N5O3/c1-13-10-17(29-34-13)18-7-5-9-30(18)22(32)15-12-27-31-20(23(24,25)26)11-16(28-21(15)31)14-6-3-4-8-19(14)33-2/h3-4,6,8,10-12,18H,5,7,9H2,1-2H3/t18-/m0/s1. The molecule has 0 aliphatic carbocycles. The zero-order valence-corrected chi connectivity index (χ0v) is 18.3. The van der Waals surface area contributed by atoms with E-state index >= 15 is 0 Å². The van der Waals surface area contributed by atoms with E-state index in [0.29, 0.717) is 40.2 Å². The third-order valence-corrected chi connectivity index (χ3v) is 5.88. The van der Waals surface area contributed by atoms with Crippen molar-refractivity contribution in [3.8, 4) is 17.0 Å². The molecule has 1 aliphatic heterocycles. The number of para-hydroxylation sites is 1. The summed E-state index contributed by atoms with van der Waals surface area (Å²) in [6.45, 7) is 2.19. The molecular formula is C23H20F3N5O3. The quantitative estimate of drug-likeness (QED) is 0.429. The van der Waals surface area contributed by atoms with Gasteiger partial charge in [-0.05, 0) is 38.0 Å². The molecule has 0 bridgehead atoms. The maximum Gasteiger partial charge on any atom is 0.433 e. The number of aryl methyl sites for hydroxylation is 1. The Morgan fingerprint density at radius 2 is 2.03 bits per heavy atom. The second-order valence-electron chi connectivity index (χ2n) is 8.04. The summed E-state index contributed by atoms with van der Waals surface area (Å²) in [4.78, 5) is 19.5. The van der Waals surface area contributed by atoms with E-state index < -0.39 is 17.8 Å². The summed E-state index contributed by atoms with van der Waals surface area (Å²) < 4.78 is 53.0. The van der Waals surface area contributed by atoms with Crippen LogP contribution in [0.5, 0.6) is 5.75 Å². The molecule has 8 nitrogen and oxygen atoms in total. The number of fused-ring (bicyclic) bond motifs is 1. The summed E-state index contributed by atoms with van der Waals surface area (Å²) in [6.07, 6.45) is -2.19. The summed E-state index contributed by atoms with van der Waals surface area (Å²) in [5, 5.41) is 7.90. The zero-order valence-electron chi connectivity index (χ0n) is 18.3. The zero-order chi connectivity index (χ0) is 24.0. The van der Waals surface area contributed by atoms with Gasteiger partial charge in [0.2, 0.25) is 0 Å². The van der Waals surface area contributed by atoms with Crippen LogP contribution in [0.25, 0.3) is 16.9 Å². The van der Waals surface area contributed by atoms with Crippen LogP contribution in [-0.2, 0) is 6.18 Å². The number of ether oxygens (including phenoxy) is 1. The monoisotopic (exact) mass is 471 g/mol. The van der Waals surface area contributed by atoms with Gasteiger partial charge in [0.1, 0.15) is 22.8 Å². The van der Waals surface area contributed by atoms with E-state index in [1.807, 2.05) is 0 Å². The molecule has 4 heterocycles. The number of benzene rings is 1. The molecule has 0 N–H and O–H groups in total. The van der Waals surface area contributed by atoms with Gasteiger partial charge < -0.3 is 14.2 Å². The second-order valence-corrected chi connectivity index (χ2v) is 8.04. The first-order valence-corrected chi connectivity index (χ1v) is 10.6. The highest BCUT2D eigenvalue weighted by molar-refractivity contribution is 6.00. The molecule has 1 saturated heterocycles. The Morgan fingerprint density at radius 1 is 1.24 bits per heavy atom. The number of alkyl halides is 3. The van der Waals surface area contributed by atoms with Gasteiger partial charge in [0.05, 0.1) is 25.0 Å². The lowest BCUT2D eigenvalue weighted by atomic mass is 10.1. The van der Waals surface area contributed by atoms with Crippen LogP contribution < -0.4 is 4.74 Å². The summed E-state index contributed by atoms with van der Waals surface area (Å²) >= 11 is 0. The van der Waals surface area contributed by atoms with Gasteiger partial charge in [0, 0.05) is 18.2 Å². The van der Waals surface area contributed by atoms with Crippen LogP contribution >= 0.6 is 0 Å². The minimum Gasteiger partial charge on any atom is -0.496 e. The molecule has 1 atom stereocenters. The fourth-order valence-electron chi connectivity index (χ4n) is 4.32. The fraction of sp³-hybridized carbons (Fsp3) is 0.304. The van der Waals surface area contributed by atoms with Crippen LogP contribution in [-0.4, -0.2) is 44.2 Å². The van der Waals surface area contributed by atoms with E-state index in [-0.39, 0.29) is 22.9 Å². The number of methoxy groups -OCH3 is 1. The number of aromatic nitrogens is 4. The molecule has 1 fully saturated rings. The highest BCUT2D eigenvalue weighted by Gasteiger charge is 2.38. The van der Waals surface area contributed by atoms with Gasteiger partial charge in [-0.25, -0.2) is 9.50 Å². The number of carbonyl (C=O) groups excluding carboxylic acids is 1. The number of hydrogen-bond donors (Lipinski definition) is 0. The minimum atomic E-state index is -4.72. The molecule has 176 valence electrons. The summed E-state index contributed by atoms with van der Waals surface area (Å²) in [5.74, 6) is 0.514. The third-order valence-electron chi connectivity index (χ3n) is 5.88. The molecule has 1 aliphatic rings. The molecule has 1 amide bonds. The highest BCUT2D eigenvalue weighted by Crippen LogP contribution is 2.37. The molecule has 11 heteroatoms. The van der Waals surface area contributed by atoms with Gasteiger partial charge in [-0.2, -0.15) is 18.3 Å². The molecule has 3 aromatic heterocycles. The Kier molecular flexibility index (Phi) is 5.26. The molecule has 0 spiro atoms. The lowest BCUT2D eigenvalue weighted by Crippen LogP contribution is -2.30. The van der Waals surface area contributed by atoms with Gasteiger partial charge >= 0.3 is 6.18 Å². The van der Waals surface area contributed by atoms with Gasteiger partial charge in [0.25, 0.3) is 5.91 Å². The first-order chi connectivity index (χ1) is 16.3. The first-order valence-electron chi connectivity index (χ1n) is 10.6. The lowest BCUT2D eigenvalue weighted by Gasteiger charge is -2.22. The van der Waals surface area contributed by atoms with Crippen LogP contribution in [0.3, 0.4) is 0 Å². The molecule has 5 rings (SSSR count). The van der Waals surface area contributed by atoms with Crippen molar-refractivity contribution in [2.45, 2.75) is 32.0 Å². The van der Waals surface area contributed by atoms with Crippen molar-refractivity contribution < 1.29 is 27.2 Å². The van der Waals surface area contributed by atoms with Crippen molar-refractivity contribution >= 4 is 11.6 Å². The Morgan fingerprint density at radius 3 is 2.74 bits per heavy atom. The molecule has 0 unspecified atom stereocenters. The van der Waals surface area contributed by atoms with E-state index in [1.54, 1.807) is 42.2 Å². The predicted octanol–water partition coefficient (Wildman–Crippen LogP) is 4.70. The Bertz CT molecular complexity index is 1380. The van der Waals surface area contributed by atoms with Crippen LogP contribution in [0.4, 0.5) is 13.2 Å². The van der Waals surface area contributed by atoms with Gasteiger partial charge in [-0.1, -0.05) is 17.3 Å². The maximum absolute atomic E-state index is 14.0. The average Bonchev–Trinajstić information content (AvgIpc) is 3.56. The number of halogens is 3. The molecule has 34 heavy (non-hydrogen) atoms. The second kappa shape index (κ2) is 8.15. The molecule has 0 saturated carbocycles. The summed E-state index contributed by atoms with van der Waals surface area (Å²) in [6, 6.07) is 8.95. The van der Waals surface area contributed by atoms with Crippen molar-refractivity contribution in [3.05, 3.63) is 65.3 Å². The summed E-state index contributed by atoms with van der Waals surface area (Å²) in [7, 11) is 1.43. The van der Waals surface area contributed by atoms with Gasteiger partial charge in [-0.3, -0.25) is 4.79 Å². The van der Waals surface area contributed by atoms with Crippen LogP contribution in [0.2, 0.25) is 0 Å². The van der Waals surface area contributed by atoms with Crippen molar-refractivity contribution in [1.82, 2.24) is 24.7 Å². The SMILES string of the molecule is COc1ccccc1-c1cc(C(F)(F)F)n2ncc(C(=O)N3CCC[C@H]3c3cc(C)on3)c2n1. The van der Waals surface area contributed by atoms with Gasteiger partial charge in [-0.15, -0.1) is 0 Å². The maximum atomic E-state index is 14.0. The summed E-state index contributed by atoms with van der Waals surface area (Å²) in [5.41, 5.74) is -0.232. The third kappa shape index (κ3) is 3.66. The van der Waals surface area contributed by atoms with Crippen molar-refractivity contribution in [1.29, 1.82) is 0 Å². The lowest BCUT2D eigenvalue weighted by molar-refractivity contribution is -0.142. The Labute approximate surface area is 191 Å². The van der Waals surface area contributed by atoms with Crippen molar-refractivity contribution in [3.63, 3.8) is 0 Å². The first kappa shape index (κ1) is 21.9. The van der Waals surface area contributed by atoms with E-state index in [4.69, 9.17) is 9.26 Å². The van der Waals surface area contributed by atoms with E-state index in [2.05, 4.69) is 15.2 Å². The molecule has 4 aromatic rings. The van der Waals surface area contributed by atoms with E-state index in [1.165, 1.54) is 7.11 Å². The highest BCUT2D eigenvalue weighted by atomic mass is 19.4. The normalized spacial score (nSPS) is 16.4. The topological polar surface area (TPSA) is 85.8 Å². The predicted molar refractivity (Wildman–Crippen MR) is 114 cm³/mol. The van der Waals surface area contributed by atoms with Crippen LogP contribution in [0, 0.1) is 6.92 Å². The number of likely N-dealkylation sites (tertiary alicyclic amines) is 1. The molecule has 1 aromatic carbocycles. The van der Waals surface area contributed by atoms with Crippen LogP contribution in [0.15, 0.2) is 47.1 Å². The number of hydrogen-bond acceptors (Lipinski definition) is 6. The van der Waals surface area contributed by atoms with Crippen LogP contribution in [0.1, 0.15) is 46.4 Å². The number of amides is 1. The molecule has 0 radical (unpaired) electrons. The van der Waals surface area contributed by atoms with Crippen molar-refractivity contribution in [2.24, 2.45) is 0 Å². The molecular weight excluding hydrogens is 451 g/mol. The smallest absolute Gasteiger partial charge is 0.433 e. The largest absolute Gasteiger partial charge is 0.496 e.